The van der Waals surface area contributed by atoms with E-state index in [0.717, 1.165) is 22.2 Å². The molecule has 152 valence electrons. The molecule has 0 bridgehead atoms. The third-order valence-corrected chi connectivity index (χ3v) is 5.63. The number of fused-ring (bicyclic) bond motifs is 1. The molecule has 0 aliphatic heterocycles. The van der Waals surface area contributed by atoms with E-state index in [1.807, 2.05) is 60.8 Å². The van der Waals surface area contributed by atoms with E-state index < -0.39 is 0 Å². The van der Waals surface area contributed by atoms with Gasteiger partial charge in [-0.2, -0.15) is 5.10 Å². The van der Waals surface area contributed by atoms with Crippen molar-refractivity contribution in [2.24, 2.45) is 0 Å². The minimum Gasteiger partial charge on any atom is -0.355 e. The number of allylic oxidation sites excluding steroid dienone is 3. The Hall–Kier alpha value is -3.67. The zero-order valence-corrected chi connectivity index (χ0v) is 17.3. The second-order valence-electron chi connectivity index (χ2n) is 7.64. The molecule has 30 heavy (non-hydrogen) atoms. The van der Waals surface area contributed by atoms with Gasteiger partial charge in [-0.05, 0) is 18.1 Å². The molecule has 0 spiro atoms. The van der Waals surface area contributed by atoms with Crippen LogP contribution in [0.5, 0.6) is 0 Å². The van der Waals surface area contributed by atoms with E-state index in [-0.39, 0.29) is 17.2 Å². The SMILES string of the molecule is CNC(=O)C1=CC=CC(C)(c2ccc3c(C(=O)NC)c(-c4ccccc4)nn3c2)C1. The zero-order chi connectivity index (χ0) is 21.3. The van der Waals surface area contributed by atoms with Crippen LogP contribution < -0.4 is 10.6 Å². The van der Waals surface area contributed by atoms with Crippen LogP contribution in [0.15, 0.2) is 72.5 Å². The summed E-state index contributed by atoms with van der Waals surface area (Å²) < 4.78 is 1.76. The van der Waals surface area contributed by atoms with Crippen LogP contribution in [0.2, 0.25) is 0 Å². The molecule has 1 unspecified atom stereocenters. The number of nitrogens with one attached hydrogen (secondary N) is 2. The fourth-order valence-corrected chi connectivity index (χ4v) is 3.94. The number of nitrogens with zero attached hydrogens (tertiary/aromatic N) is 2. The van der Waals surface area contributed by atoms with Gasteiger partial charge in [-0.3, -0.25) is 9.59 Å². The Labute approximate surface area is 175 Å². The number of likely N-dealkylation sites (N-methyl/N-ethyl adjacent to an activating group) is 1. The number of carbonyl (C=O) groups excluding carboxylic acids is 2. The Kier molecular flexibility index (Phi) is 4.99. The third kappa shape index (κ3) is 3.30. The molecule has 1 atom stereocenters. The molecule has 0 saturated heterocycles. The van der Waals surface area contributed by atoms with E-state index in [9.17, 15) is 9.59 Å². The largest absolute Gasteiger partial charge is 0.355 e. The van der Waals surface area contributed by atoms with E-state index >= 15 is 0 Å². The molecule has 2 heterocycles. The fourth-order valence-electron chi connectivity index (χ4n) is 3.94. The maximum Gasteiger partial charge on any atom is 0.255 e. The van der Waals surface area contributed by atoms with Gasteiger partial charge < -0.3 is 10.6 Å². The normalized spacial score (nSPS) is 18.2. The van der Waals surface area contributed by atoms with E-state index in [2.05, 4.69) is 23.6 Å². The van der Waals surface area contributed by atoms with Crippen molar-refractivity contribution in [1.82, 2.24) is 20.2 Å². The molecule has 1 aliphatic rings. The van der Waals surface area contributed by atoms with Crippen molar-refractivity contribution >= 4 is 17.3 Å². The average Bonchev–Trinajstić information content (AvgIpc) is 3.17. The molecule has 6 nitrogen and oxygen atoms in total. The summed E-state index contributed by atoms with van der Waals surface area (Å²) in [6.45, 7) is 2.10. The molecule has 2 N–H and O–H groups in total. The standard InChI is InChI=1S/C24H24N4O2/c1-24(13-7-10-17(14-24)22(29)25-2)18-11-12-19-20(23(30)26-3)21(27-28(19)15-18)16-8-5-4-6-9-16/h4-13,15H,14H2,1-3H3,(H,25,29)(H,26,30). The predicted molar refractivity (Wildman–Crippen MR) is 117 cm³/mol. The number of hydrogen-bond donors (Lipinski definition) is 2. The van der Waals surface area contributed by atoms with Gasteiger partial charge in [0.05, 0.1) is 11.1 Å². The Morgan fingerprint density at radius 3 is 2.47 bits per heavy atom. The van der Waals surface area contributed by atoms with Crippen LogP contribution in [0.1, 0.15) is 29.3 Å². The quantitative estimate of drug-likeness (QED) is 0.706. The molecular weight excluding hydrogens is 376 g/mol. The van der Waals surface area contributed by atoms with Gasteiger partial charge in [-0.25, -0.2) is 4.52 Å². The zero-order valence-electron chi connectivity index (χ0n) is 17.3. The van der Waals surface area contributed by atoms with Crippen LogP contribution in [0.3, 0.4) is 0 Å². The lowest BCUT2D eigenvalue weighted by atomic mass is 9.75. The van der Waals surface area contributed by atoms with Crippen molar-refractivity contribution in [2.75, 3.05) is 14.1 Å². The van der Waals surface area contributed by atoms with Crippen LogP contribution in [-0.2, 0) is 10.2 Å². The number of rotatable bonds is 4. The lowest BCUT2D eigenvalue weighted by molar-refractivity contribution is -0.117. The van der Waals surface area contributed by atoms with Crippen molar-refractivity contribution in [3.8, 4) is 11.3 Å². The highest BCUT2D eigenvalue weighted by Gasteiger charge is 2.30. The van der Waals surface area contributed by atoms with Crippen LogP contribution in [-0.4, -0.2) is 35.5 Å². The fraction of sp³-hybridized carbons (Fsp3) is 0.208. The maximum absolute atomic E-state index is 12.7. The Morgan fingerprint density at radius 1 is 1.03 bits per heavy atom. The highest BCUT2D eigenvalue weighted by molar-refractivity contribution is 6.06. The van der Waals surface area contributed by atoms with Crippen molar-refractivity contribution in [2.45, 2.75) is 18.8 Å². The highest BCUT2D eigenvalue weighted by Crippen LogP contribution is 2.36. The van der Waals surface area contributed by atoms with Crippen LogP contribution >= 0.6 is 0 Å². The first-order valence-electron chi connectivity index (χ1n) is 9.87. The van der Waals surface area contributed by atoms with Crippen LogP contribution in [0.25, 0.3) is 16.8 Å². The van der Waals surface area contributed by atoms with E-state index in [4.69, 9.17) is 5.10 Å². The third-order valence-electron chi connectivity index (χ3n) is 5.63. The van der Waals surface area contributed by atoms with Gasteiger partial charge in [0.2, 0.25) is 5.91 Å². The van der Waals surface area contributed by atoms with Crippen molar-refractivity contribution < 1.29 is 9.59 Å². The molecular formula is C24H24N4O2. The number of hydrogen-bond acceptors (Lipinski definition) is 3. The van der Waals surface area contributed by atoms with Gasteiger partial charge in [0.1, 0.15) is 5.69 Å². The number of carbonyl (C=O) groups is 2. The second-order valence-corrected chi connectivity index (χ2v) is 7.64. The summed E-state index contributed by atoms with van der Waals surface area (Å²) in [5.74, 6) is -0.246. The predicted octanol–water partition coefficient (Wildman–Crippen LogP) is 3.25. The Morgan fingerprint density at radius 2 is 1.77 bits per heavy atom. The molecule has 1 aromatic carbocycles. The molecule has 0 radical (unpaired) electrons. The summed E-state index contributed by atoms with van der Waals surface area (Å²) in [6.07, 6.45) is 8.41. The molecule has 2 aromatic heterocycles. The van der Waals surface area contributed by atoms with Crippen LogP contribution in [0, 0.1) is 0 Å². The van der Waals surface area contributed by atoms with Crippen molar-refractivity contribution in [3.63, 3.8) is 0 Å². The summed E-state index contributed by atoms with van der Waals surface area (Å²) in [6, 6.07) is 13.6. The molecule has 4 rings (SSSR count). The van der Waals surface area contributed by atoms with E-state index in [1.54, 1.807) is 18.6 Å². The summed E-state index contributed by atoms with van der Waals surface area (Å²) in [5.41, 5.74) is 4.22. The molecule has 0 fully saturated rings. The molecule has 1 aliphatic carbocycles. The number of amides is 2. The number of aromatic nitrogens is 2. The number of benzene rings is 1. The monoisotopic (exact) mass is 400 g/mol. The van der Waals surface area contributed by atoms with E-state index in [0.29, 0.717) is 17.7 Å². The first-order chi connectivity index (χ1) is 14.5. The van der Waals surface area contributed by atoms with Crippen molar-refractivity contribution in [3.05, 3.63) is 83.6 Å². The minimum absolute atomic E-state index is 0.0704. The van der Waals surface area contributed by atoms with Gasteiger partial charge in [-0.15, -0.1) is 0 Å². The lowest BCUT2D eigenvalue weighted by Crippen LogP contribution is -2.29. The smallest absolute Gasteiger partial charge is 0.255 e. The molecule has 2 amide bonds. The van der Waals surface area contributed by atoms with Gasteiger partial charge in [0.15, 0.2) is 0 Å². The molecule has 3 aromatic rings. The van der Waals surface area contributed by atoms with Gasteiger partial charge >= 0.3 is 0 Å². The van der Waals surface area contributed by atoms with Gasteiger partial charge in [0.25, 0.3) is 5.91 Å². The molecule has 0 saturated carbocycles. The first-order valence-corrected chi connectivity index (χ1v) is 9.87. The highest BCUT2D eigenvalue weighted by atomic mass is 16.2. The average molecular weight is 400 g/mol. The summed E-state index contributed by atoms with van der Waals surface area (Å²) in [7, 11) is 3.26. The summed E-state index contributed by atoms with van der Waals surface area (Å²) in [4.78, 5) is 24.8. The maximum atomic E-state index is 12.7. The van der Waals surface area contributed by atoms with Crippen LogP contribution in [0.4, 0.5) is 0 Å². The van der Waals surface area contributed by atoms with Gasteiger partial charge in [0, 0.05) is 36.8 Å². The van der Waals surface area contributed by atoms with Gasteiger partial charge in [-0.1, -0.05) is 61.5 Å². The van der Waals surface area contributed by atoms with Crippen molar-refractivity contribution in [1.29, 1.82) is 0 Å². The topological polar surface area (TPSA) is 75.5 Å². The summed E-state index contributed by atoms with van der Waals surface area (Å²) >= 11 is 0. The Bertz CT molecular complexity index is 1190. The minimum atomic E-state index is -0.350. The summed E-state index contributed by atoms with van der Waals surface area (Å²) in [5, 5.41) is 10.2. The molecule has 6 heteroatoms. The first kappa shape index (κ1) is 19.6. The Balaban J connectivity index is 1.82. The lowest BCUT2D eigenvalue weighted by Gasteiger charge is -2.29. The van der Waals surface area contributed by atoms with E-state index in [1.165, 1.54) is 0 Å². The number of pyridine rings is 1. The second kappa shape index (κ2) is 7.63.